The van der Waals surface area contributed by atoms with Gasteiger partial charge in [-0.25, -0.2) is 0 Å². The number of thiophene rings is 1. The fraction of sp³-hybridized carbons (Fsp3) is 0.429. The molecule has 4 rings (SSSR count). The number of rotatable bonds is 4. The van der Waals surface area contributed by atoms with Crippen molar-refractivity contribution in [3.63, 3.8) is 0 Å². The van der Waals surface area contributed by atoms with Crippen LogP contribution in [0.2, 0.25) is 0 Å². The summed E-state index contributed by atoms with van der Waals surface area (Å²) in [7, 11) is 0. The highest BCUT2D eigenvalue weighted by molar-refractivity contribution is 7.10. The zero-order valence-corrected chi connectivity index (χ0v) is 15.9. The monoisotopic (exact) mass is 368 g/mol. The number of nitrogens with zero attached hydrogens (tertiary/aromatic N) is 1. The number of hydrogen-bond acceptors (Lipinski definition) is 3. The van der Waals surface area contributed by atoms with Gasteiger partial charge in [-0.1, -0.05) is 25.0 Å². The molecule has 5 heteroatoms. The van der Waals surface area contributed by atoms with E-state index in [2.05, 4.69) is 11.4 Å². The van der Waals surface area contributed by atoms with E-state index in [0.717, 1.165) is 60.5 Å². The minimum Gasteiger partial charge on any atom is -0.325 e. The van der Waals surface area contributed by atoms with E-state index < -0.39 is 5.41 Å². The number of aryl methyl sites for hydroxylation is 1. The summed E-state index contributed by atoms with van der Waals surface area (Å²) in [5, 5.41) is 5.20. The van der Waals surface area contributed by atoms with E-state index in [-0.39, 0.29) is 11.8 Å². The molecule has 2 amide bonds. The summed E-state index contributed by atoms with van der Waals surface area (Å²) < 4.78 is 0. The van der Waals surface area contributed by atoms with E-state index in [4.69, 9.17) is 0 Å². The Morgan fingerprint density at radius 1 is 1.19 bits per heavy atom. The van der Waals surface area contributed by atoms with Crippen molar-refractivity contribution in [3.05, 3.63) is 46.2 Å². The third kappa shape index (κ3) is 2.94. The van der Waals surface area contributed by atoms with Crippen LogP contribution in [-0.2, 0) is 15.0 Å². The average molecular weight is 369 g/mol. The summed E-state index contributed by atoms with van der Waals surface area (Å²) in [5.41, 5.74) is 2.36. The van der Waals surface area contributed by atoms with E-state index >= 15 is 0 Å². The Labute approximate surface area is 158 Å². The maximum Gasteiger partial charge on any atom is 0.235 e. The summed E-state index contributed by atoms with van der Waals surface area (Å²) in [6.45, 7) is 2.77. The van der Waals surface area contributed by atoms with Gasteiger partial charge in [-0.2, -0.15) is 0 Å². The van der Waals surface area contributed by atoms with Crippen molar-refractivity contribution in [1.82, 2.24) is 0 Å². The number of carbonyl (C=O) groups is 2. The van der Waals surface area contributed by atoms with Crippen molar-refractivity contribution in [1.29, 1.82) is 0 Å². The molecule has 2 heterocycles. The van der Waals surface area contributed by atoms with Gasteiger partial charge in [0.15, 0.2) is 0 Å². The Balaban J connectivity index is 1.61. The minimum absolute atomic E-state index is 0.0833. The lowest BCUT2D eigenvalue weighted by Crippen LogP contribution is -2.37. The van der Waals surface area contributed by atoms with E-state index in [0.29, 0.717) is 6.42 Å². The van der Waals surface area contributed by atoms with Gasteiger partial charge in [0.05, 0.1) is 5.41 Å². The van der Waals surface area contributed by atoms with Gasteiger partial charge in [-0.05, 0) is 55.3 Å². The Hall–Kier alpha value is -2.14. The van der Waals surface area contributed by atoms with Crippen molar-refractivity contribution in [2.24, 2.45) is 0 Å². The smallest absolute Gasteiger partial charge is 0.235 e. The van der Waals surface area contributed by atoms with Gasteiger partial charge in [0, 0.05) is 29.2 Å². The molecule has 1 aromatic heterocycles. The SMILES string of the molecule is Cc1ccc(NC(=O)C2(c3cccs3)CCCC2)cc1N1CCCC1=O. The first-order valence-electron chi connectivity index (χ1n) is 9.37. The Bertz CT molecular complexity index is 823. The van der Waals surface area contributed by atoms with Crippen LogP contribution in [0.25, 0.3) is 0 Å². The zero-order valence-electron chi connectivity index (χ0n) is 15.1. The van der Waals surface area contributed by atoms with Crippen LogP contribution < -0.4 is 10.2 Å². The molecule has 2 aromatic rings. The molecular formula is C21H24N2O2S. The lowest BCUT2D eigenvalue weighted by Gasteiger charge is -2.27. The van der Waals surface area contributed by atoms with Crippen LogP contribution in [0.1, 0.15) is 49.0 Å². The van der Waals surface area contributed by atoms with Crippen LogP contribution >= 0.6 is 11.3 Å². The van der Waals surface area contributed by atoms with E-state index in [1.54, 1.807) is 11.3 Å². The number of anilines is 2. The van der Waals surface area contributed by atoms with Crippen molar-refractivity contribution in [2.75, 3.05) is 16.8 Å². The normalized spacial score (nSPS) is 19.1. The molecule has 1 saturated carbocycles. The van der Waals surface area contributed by atoms with Crippen molar-refractivity contribution in [3.8, 4) is 0 Å². The fourth-order valence-corrected chi connectivity index (χ4v) is 5.23. The molecule has 4 nitrogen and oxygen atoms in total. The standard InChI is InChI=1S/C21H24N2O2S/c1-15-8-9-16(14-17(15)23-12-4-7-19(23)24)22-20(25)21(10-2-3-11-21)18-6-5-13-26-18/h5-6,8-9,13-14H,2-4,7,10-12H2,1H3,(H,22,25). The van der Waals surface area contributed by atoms with Gasteiger partial charge in [0.25, 0.3) is 0 Å². The Morgan fingerprint density at radius 2 is 2.00 bits per heavy atom. The quantitative estimate of drug-likeness (QED) is 0.855. The minimum atomic E-state index is -0.400. The van der Waals surface area contributed by atoms with E-state index in [1.807, 2.05) is 41.5 Å². The Morgan fingerprint density at radius 3 is 2.65 bits per heavy atom. The van der Waals surface area contributed by atoms with Crippen LogP contribution in [0.15, 0.2) is 35.7 Å². The summed E-state index contributed by atoms with van der Waals surface area (Å²) in [6, 6.07) is 9.99. The first-order chi connectivity index (χ1) is 12.6. The fourth-order valence-electron chi connectivity index (χ4n) is 4.25. The topological polar surface area (TPSA) is 49.4 Å². The molecule has 1 N–H and O–H groups in total. The summed E-state index contributed by atoms with van der Waals surface area (Å²) in [4.78, 5) is 28.4. The number of carbonyl (C=O) groups excluding carboxylic acids is 2. The molecule has 26 heavy (non-hydrogen) atoms. The Kier molecular flexibility index (Phi) is 4.57. The van der Waals surface area contributed by atoms with Gasteiger partial charge in [-0.15, -0.1) is 11.3 Å². The molecule has 1 aliphatic carbocycles. The molecule has 1 saturated heterocycles. The number of benzene rings is 1. The van der Waals surface area contributed by atoms with Crippen molar-refractivity contribution >= 4 is 34.5 Å². The van der Waals surface area contributed by atoms with Gasteiger partial charge < -0.3 is 10.2 Å². The summed E-state index contributed by atoms with van der Waals surface area (Å²) in [5.74, 6) is 0.252. The third-order valence-corrected chi connectivity index (χ3v) is 6.79. The van der Waals surface area contributed by atoms with Crippen LogP contribution in [0, 0.1) is 6.92 Å². The highest BCUT2D eigenvalue weighted by Crippen LogP contribution is 2.44. The molecule has 1 aliphatic heterocycles. The maximum absolute atomic E-state index is 13.2. The molecule has 1 aromatic carbocycles. The predicted octanol–water partition coefficient (Wildman–Crippen LogP) is 4.63. The molecule has 0 bridgehead atoms. The lowest BCUT2D eigenvalue weighted by molar-refractivity contribution is -0.121. The number of nitrogens with one attached hydrogen (secondary N) is 1. The predicted molar refractivity (Wildman–Crippen MR) is 106 cm³/mol. The highest BCUT2D eigenvalue weighted by Gasteiger charge is 2.43. The molecule has 2 aliphatic rings. The molecule has 0 spiro atoms. The van der Waals surface area contributed by atoms with E-state index in [9.17, 15) is 9.59 Å². The van der Waals surface area contributed by atoms with Gasteiger partial charge in [0.1, 0.15) is 0 Å². The average Bonchev–Trinajstić information content (AvgIpc) is 3.38. The third-order valence-electron chi connectivity index (χ3n) is 5.72. The van der Waals surface area contributed by atoms with Gasteiger partial charge in [0.2, 0.25) is 11.8 Å². The van der Waals surface area contributed by atoms with Crippen LogP contribution in [-0.4, -0.2) is 18.4 Å². The van der Waals surface area contributed by atoms with Crippen LogP contribution in [0.4, 0.5) is 11.4 Å². The first-order valence-corrected chi connectivity index (χ1v) is 10.2. The first kappa shape index (κ1) is 17.3. The van der Waals surface area contributed by atoms with Crippen LogP contribution in [0.5, 0.6) is 0 Å². The zero-order chi connectivity index (χ0) is 18.1. The molecule has 0 atom stereocenters. The van der Waals surface area contributed by atoms with E-state index in [1.165, 1.54) is 0 Å². The molecule has 136 valence electrons. The van der Waals surface area contributed by atoms with Crippen LogP contribution in [0.3, 0.4) is 0 Å². The largest absolute Gasteiger partial charge is 0.325 e. The second-order valence-corrected chi connectivity index (χ2v) is 8.32. The second-order valence-electron chi connectivity index (χ2n) is 7.37. The van der Waals surface area contributed by atoms with Gasteiger partial charge in [-0.3, -0.25) is 9.59 Å². The number of hydrogen-bond donors (Lipinski definition) is 1. The summed E-state index contributed by atoms with van der Waals surface area (Å²) in [6.07, 6.45) is 5.50. The second kappa shape index (κ2) is 6.88. The molecule has 0 unspecified atom stereocenters. The highest BCUT2D eigenvalue weighted by atomic mass is 32.1. The maximum atomic E-state index is 13.2. The summed E-state index contributed by atoms with van der Waals surface area (Å²) >= 11 is 1.67. The van der Waals surface area contributed by atoms with Crippen molar-refractivity contribution < 1.29 is 9.59 Å². The lowest BCUT2D eigenvalue weighted by atomic mass is 9.83. The number of amides is 2. The van der Waals surface area contributed by atoms with Gasteiger partial charge >= 0.3 is 0 Å². The molecular weight excluding hydrogens is 344 g/mol. The molecule has 0 radical (unpaired) electrons. The molecule has 2 fully saturated rings. The van der Waals surface area contributed by atoms with Crippen molar-refractivity contribution in [2.45, 2.75) is 50.9 Å².